The van der Waals surface area contributed by atoms with E-state index in [9.17, 15) is 27.0 Å². The molecule has 1 aliphatic carbocycles. The van der Waals surface area contributed by atoms with Gasteiger partial charge in [0.1, 0.15) is 23.4 Å². The largest absolute Gasteiger partial charge is 0.491 e. The summed E-state index contributed by atoms with van der Waals surface area (Å²) in [6.45, 7) is 1.42. The van der Waals surface area contributed by atoms with E-state index in [1.165, 1.54) is 22.6 Å². The van der Waals surface area contributed by atoms with Crippen LogP contribution in [0.4, 0.5) is 0 Å². The number of ether oxygens (including phenoxy) is 2. The van der Waals surface area contributed by atoms with Gasteiger partial charge in [0.05, 0.1) is 34.0 Å². The summed E-state index contributed by atoms with van der Waals surface area (Å²) in [5.74, 6) is 0.351. The maximum absolute atomic E-state index is 13.3. The second kappa shape index (κ2) is 12.0. The molecule has 6 rings (SSSR count). The molecule has 2 saturated heterocycles. The zero-order valence-electron chi connectivity index (χ0n) is 23.7. The molecular formula is C30H37N3O8S2. The van der Waals surface area contributed by atoms with E-state index in [0.717, 1.165) is 10.9 Å². The first-order chi connectivity index (χ1) is 20.5. The number of hydrogen-bond acceptors (Lipinski definition) is 10. The van der Waals surface area contributed by atoms with Crippen molar-refractivity contribution in [1.82, 2.24) is 14.6 Å². The standard InChI is InChI=1S/C30H37N3O8S2/c34-23-13-27(14-23)42(36,37)26-6-3-5-25(15-26)40-20-24(35)17-31-22-16-30(41-19-22)8-10-33(11-9-30)43(38,39)28-12-21-4-1-2-7-29(21)32-18-28/h1-7,12,15,18,22-24,27,31,34-35H,8-11,13-14,16-17,19-20H2. The minimum Gasteiger partial charge on any atom is -0.491 e. The average Bonchev–Trinajstić information content (AvgIpc) is 3.39. The Morgan fingerprint density at radius 3 is 2.58 bits per heavy atom. The number of benzene rings is 2. The molecule has 0 bridgehead atoms. The molecule has 2 aliphatic heterocycles. The second-order valence-electron chi connectivity index (χ2n) is 11.8. The number of fused-ring (bicyclic) bond motifs is 1. The van der Waals surface area contributed by atoms with Crippen LogP contribution >= 0.6 is 0 Å². The van der Waals surface area contributed by atoms with E-state index in [2.05, 4.69) is 10.3 Å². The molecule has 3 N–H and O–H groups in total. The fourth-order valence-corrected chi connectivity index (χ4v) is 9.39. The lowest BCUT2D eigenvalue weighted by atomic mass is 9.88. The third kappa shape index (κ3) is 6.44. The van der Waals surface area contributed by atoms with E-state index >= 15 is 0 Å². The van der Waals surface area contributed by atoms with E-state index in [1.54, 1.807) is 18.2 Å². The van der Waals surface area contributed by atoms with Gasteiger partial charge in [-0.2, -0.15) is 4.31 Å². The zero-order valence-corrected chi connectivity index (χ0v) is 25.3. The number of aromatic nitrogens is 1. The van der Waals surface area contributed by atoms with E-state index in [4.69, 9.17) is 9.47 Å². The summed E-state index contributed by atoms with van der Waals surface area (Å²) in [4.78, 5) is 4.66. The lowest BCUT2D eigenvalue weighted by Gasteiger charge is -2.38. The summed E-state index contributed by atoms with van der Waals surface area (Å²) in [5.41, 5.74) is 0.342. The summed E-state index contributed by atoms with van der Waals surface area (Å²) in [6, 6.07) is 15.3. The second-order valence-corrected chi connectivity index (χ2v) is 16.0. The van der Waals surface area contributed by atoms with Gasteiger partial charge in [-0.25, -0.2) is 16.8 Å². The fraction of sp³-hybridized carbons (Fsp3) is 0.500. The van der Waals surface area contributed by atoms with Crippen LogP contribution in [-0.4, -0.2) is 98.3 Å². The number of nitrogens with one attached hydrogen (secondary N) is 1. The number of sulfonamides is 1. The van der Waals surface area contributed by atoms with Crippen molar-refractivity contribution in [3.05, 3.63) is 60.8 Å². The molecule has 2 aromatic carbocycles. The van der Waals surface area contributed by atoms with Gasteiger partial charge in [-0.1, -0.05) is 24.3 Å². The van der Waals surface area contributed by atoms with Crippen molar-refractivity contribution >= 4 is 30.8 Å². The van der Waals surface area contributed by atoms with Crippen LogP contribution in [0.25, 0.3) is 10.9 Å². The summed E-state index contributed by atoms with van der Waals surface area (Å²) in [6.07, 6.45) is 2.37. The molecule has 3 fully saturated rings. The van der Waals surface area contributed by atoms with Gasteiger partial charge < -0.3 is 25.0 Å². The predicted octanol–water partition coefficient (Wildman–Crippen LogP) is 1.87. The highest BCUT2D eigenvalue weighted by Gasteiger charge is 2.45. The lowest BCUT2D eigenvalue weighted by molar-refractivity contribution is -0.0312. The van der Waals surface area contributed by atoms with Crippen LogP contribution in [0.3, 0.4) is 0 Å². The fourth-order valence-electron chi connectivity index (χ4n) is 6.08. The molecule has 232 valence electrons. The lowest BCUT2D eigenvalue weighted by Crippen LogP contribution is -2.47. The Hall–Kier alpha value is -2.65. The van der Waals surface area contributed by atoms with Crippen LogP contribution < -0.4 is 10.1 Å². The van der Waals surface area contributed by atoms with Crippen LogP contribution in [0.1, 0.15) is 32.1 Å². The van der Waals surface area contributed by atoms with Crippen molar-refractivity contribution in [2.24, 2.45) is 0 Å². The topological polar surface area (TPSA) is 155 Å². The van der Waals surface area contributed by atoms with Crippen molar-refractivity contribution in [1.29, 1.82) is 0 Å². The normalized spacial score (nSPS) is 25.0. The molecule has 1 saturated carbocycles. The summed E-state index contributed by atoms with van der Waals surface area (Å²) < 4.78 is 65.5. The number of sulfone groups is 1. The van der Waals surface area contributed by atoms with Gasteiger partial charge in [0.15, 0.2) is 9.84 Å². The molecule has 13 heteroatoms. The maximum atomic E-state index is 13.3. The molecule has 2 unspecified atom stereocenters. The number of para-hydroxylation sites is 1. The van der Waals surface area contributed by atoms with Crippen LogP contribution in [0, 0.1) is 0 Å². The van der Waals surface area contributed by atoms with Crippen LogP contribution in [0.15, 0.2) is 70.6 Å². The summed E-state index contributed by atoms with van der Waals surface area (Å²) in [7, 11) is -7.20. The minimum absolute atomic E-state index is 0.00814. The van der Waals surface area contributed by atoms with Crippen molar-refractivity contribution in [2.45, 2.75) is 71.0 Å². The van der Waals surface area contributed by atoms with E-state index in [1.807, 2.05) is 24.3 Å². The SMILES string of the molecule is O=S(=O)(c1cccc(OCC(O)CNC2COC3(CCN(S(=O)(=O)c4cnc5ccccc5c4)CC3)C2)c1)C1CC(O)C1. The number of pyridine rings is 1. The van der Waals surface area contributed by atoms with Gasteiger partial charge in [0, 0.05) is 37.3 Å². The first-order valence-electron chi connectivity index (χ1n) is 14.6. The Balaban J connectivity index is 0.963. The molecule has 0 radical (unpaired) electrons. The number of hydrogen-bond donors (Lipinski definition) is 3. The quantitative estimate of drug-likeness (QED) is 0.302. The van der Waals surface area contributed by atoms with E-state index in [0.29, 0.717) is 44.7 Å². The molecule has 3 aromatic rings. The van der Waals surface area contributed by atoms with Gasteiger partial charge >= 0.3 is 0 Å². The Kier molecular flexibility index (Phi) is 8.50. The van der Waals surface area contributed by atoms with Gasteiger partial charge in [0.2, 0.25) is 10.0 Å². The summed E-state index contributed by atoms with van der Waals surface area (Å²) >= 11 is 0. The Morgan fingerprint density at radius 2 is 1.81 bits per heavy atom. The van der Waals surface area contributed by atoms with Crippen molar-refractivity contribution in [3.63, 3.8) is 0 Å². The predicted molar refractivity (Wildman–Crippen MR) is 159 cm³/mol. The molecule has 11 nitrogen and oxygen atoms in total. The number of rotatable bonds is 10. The first kappa shape index (κ1) is 30.4. The monoisotopic (exact) mass is 631 g/mol. The van der Waals surface area contributed by atoms with Crippen LogP contribution in [0.2, 0.25) is 0 Å². The van der Waals surface area contributed by atoms with Crippen LogP contribution in [-0.2, 0) is 24.6 Å². The molecule has 3 aliphatic rings. The van der Waals surface area contributed by atoms with Crippen molar-refractivity contribution < 1.29 is 36.5 Å². The first-order valence-corrected chi connectivity index (χ1v) is 17.6. The molecule has 1 aromatic heterocycles. The highest BCUT2D eigenvalue weighted by Crippen LogP contribution is 2.37. The van der Waals surface area contributed by atoms with E-state index in [-0.39, 0.29) is 41.8 Å². The number of aliphatic hydroxyl groups excluding tert-OH is 2. The maximum Gasteiger partial charge on any atom is 0.244 e. The third-order valence-electron chi connectivity index (χ3n) is 8.77. The van der Waals surface area contributed by atoms with Gasteiger partial charge in [0.25, 0.3) is 0 Å². The van der Waals surface area contributed by atoms with Gasteiger partial charge in [-0.3, -0.25) is 4.98 Å². The summed E-state index contributed by atoms with van der Waals surface area (Å²) in [5, 5.41) is 23.5. The van der Waals surface area contributed by atoms with Gasteiger partial charge in [-0.05, 0) is 62.4 Å². The highest BCUT2D eigenvalue weighted by molar-refractivity contribution is 7.92. The minimum atomic E-state index is -3.67. The smallest absolute Gasteiger partial charge is 0.244 e. The van der Waals surface area contributed by atoms with E-state index < -0.39 is 42.9 Å². The molecule has 1 spiro atoms. The van der Waals surface area contributed by atoms with Gasteiger partial charge in [-0.15, -0.1) is 0 Å². The molecular weight excluding hydrogens is 594 g/mol. The zero-order chi connectivity index (χ0) is 30.2. The molecule has 0 amide bonds. The molecule has 3 heterocycles. The molecule has 43 heavy (non-hydrogen) atoms. The van der Waals surface area contributed by atoms with Crippen molar-refractivity contribution in [3.8, 4) is 5.75 Å². The average molecular weight is 632 g/mol. The Labute approximate surface area is 251 Å². The Bertz CT molecular complexity index is 1670. The molecule has 2 atom stereocenters. The third-order valence-corrected chi connectivity index (χ3v) is 12.8. The number of aliphatic hydroxyl groups is 2. The van der Waals surface area contributed by atoms with Crippen molar-refractivity contribution in [2.75, 3.05) is 32.8 Å². The Morgan fingerprint density at radius 1 is 1.05 bits per heavy atom. The number of nitrogens with zero attached hydrogens (tertiary/aromatic N) is 2. The highest BCUT2D eigenvalue weighted by atomic mass is 32.2. The number of piperidine rings is 1. The van der Waals surface area contributed by atoms with Crippen LogP contribution in [0.5, 0.6) is 5.75 Å².